The third-order valence-corrected chi connectivity index (χ3v) is 9.42. The summed E-state index contributed by atoms with van der Waals surface area (Å²) in [4.78, 5) is 7.15. The average molecular weight is 486 g/mol. The van der Waals surface area contributed by atoms with Gasteiger partial charge in [-0.2, -0.15) is 11.8 Å². The van der Waals surface area contributed by atoms with Crippen LogP contribution < -0.4 is 10.1 Å². The maximum absolute atomic E-state index is 10.2. The van der Waals surface area contributed by atoms with Crippen LogP contribution in [0.4, 0.5) is 0 Å². The van der Waals surface area contributed by atoms with Gasteiger partial charge in [-0.15, -0.1) is 0 Å². The number of likely N-dealkylation sites (tertiary alicyclic amines) is 1. The molecule has 34 heavy (non-hydrogen) atoms. The number of hydrogen-bond acceptors (Lipinski definition) is 6. The zero-order chi connectivity index (χ0) is 23.8. The van der Waals surface area contributed by atoms with E-state index in [0.29, 0.717) is 18.4 Å². The summed E-state index contributed by atoms with van der Waals surface area (Å²) in [5.41, 5.74) is 2.29. The summed E-state index contributed by atoms with van der Waals surface area (Å²) < 4.78 is 5.46. The number of aliphatic hydroxyl groups excluding tert-OH is 1. The van der Waals surface area contributed by atoms with Gasteiger partial charge in [0.15, 0.2) is 0 Å². The number of aromatic nitrogens is 1. The van der Waals surface area contributed by atoms with Crippen molar-refractivity contribution in [2.24, 2.45) is 11.8 Å². The Hall–Kier alpha value is -1.34. The van der Waals surface area contributed by atoms with Gasteiger partial charge in [0.25, 0.3) is 0 Å². The fourth-order valence-electron chi connectivity index (χ4n) is 5.94. The molecule has 188 valence electrons. The molecule has 0 amide bonds. The van der Waals surface area contributed by atoms with E-state index in [-0.39, 0.29) is 6.04 Å². The van der Waals surface area contributed by atoms with E-state index < -0.39 is 0 Å². The van der Waals surface area contributed by atoms with Gasteiger partial charge in [-0.1, -0.05) is 19.3 Å². The van der Waals surface area contributed by atoms with Crippen LogP contribution in [0.2, 0.25) is 0 Å². The highest BCUT2D eigenvalue weighted by molar-refractivity contribution is 7.99. The normalized spacial score (nSPS) is 23.3. The van der Waals surface area contributed by atoms with Gasteiger partial charge in [-0.25, -0.2) is 0 Å². The van der Waals surface area contributed by atoms with Gasteiger partial charge in [0.1, 0.15) is 5.75 Å². The van der Waals surface area contributed by atoms with Gasteiger partial charge < -0.3 is 20.1 Å². The van der Waals surface area contributed by atoms with Crippen LogP contribution in [-0.2, 0) is 0 Å². The number of nitrogens with one attached hydrogen (secondary N) is 1. The van der Waals surface area contributed by atoms with Crippen LogP contribution in [0.1, 0.15) is 63.0 Å². The highest BCUT2D eigenvalue weighted by atomic mass is 32.2. The summed E-state index contributed by atoms with van der Waals surface area (Å²) in [6, 6.07) is 8.51. The van der Waals surface area contributed by atoms with Crippen molar-refractivity contribution in [1.29, 1.82) is 0 Å². The molecule has 1 saturated heterocycles. The third kappa shape index (κ3) is 6.66. The Morgan fingerprint density at radius 3 is 2.79 bits per heavy atom. The Balaban J connectivity index is 1.30. The van der Waals surface area contributed by atoms with Gasteiger partial charge in [0, 0.05) is 48.3 Å². The molecule has 1 saturated carbocycles. The maximum atomic E-state index is 10.2. The third-order valence-electron chi connectivity index (χ3n) is 8.06. The van der Waals surface area contributed by atoms with Crippen molar-refractivity contribution in [3.05, 3.63) is 36.0 Å². The summed E-state index contributed by atoms with van der Waals surface area (Å²) in [5, 5.41) is 15.8. The molecule has 2 aromatic rings. The van der Waals surface area contributed by atoms with Gasteiger partial charge in [0.05, 0.1) is 12.6 Å². The van der Waals surface area contributed by atoms with Crippen LogP contribution in [0.25, 0.3) is 10.9 Å². The van der Waals surface area contributed by atoms with Crippen molar-refractivity contribution in [3.8, 4) is 5.75 Å². The molecular formula is C28H43N3O2S. The van der Waals surface area contributed by atoms with Crippen molar-refractivity contribution in [1.82, 2.24) is 15.2 Å². The predicted octanol–water partition coefficient (Wildman–Crippen LogP) is 5.28. The molecule has 2 fully saturated rings. The first-order chi connectivity index (χ1) is 16.7. The summed E-state index contributed by atoms with van der Waals surface area (Å²) in [7, 11) is 3.76. The van der Waals surface area contributed by atoms with Crippen molar-refractivity contribution in [2.75, 3.05) is 46.2 Å². The minimum absolute atomic E-state index is 0.266. The first-order valence-electron chi connectivity index (χ1n) is 13.3. The molecule has 1 unspecified atom stereocenters. The van der Waals surface area contributed by atoms with E-state index >= 15 is 0 Å². The second kappa shape index (κ2) is 13.1. The number of methoxy groups -OCH3 is 1. The predicted molar refractivity (Wildman–Crippen MR) is 144 cm³/mol. The number of pyridine rings is 1. The molecule has 2 N–H and O–H groups in total. The number of rotatable bonds is 11. The van der Waals surface area contributed by atoms with Crippen LogP contribution in [0.5, 0.6) is 5.75 Å². The van der Waals surface area contributed by atoms with E-state index in [9.17, 15) is 5.11 Å². The summed E-state index contributed by atoms with van der Waals surface area (Å²) >= 11 is 2.19. The van der Waals surface area contributed by atoms with Crippen LogP contribution in [-0.4, -0.2) is 66.4 Å². The second-order valence-corrected chi connectivity index (χ2v) is 11.5. The summed E-state index contributed by atoms with van der Waals surface area (Å²) in [5.74, 6) is 3.09. The van der Waals surface area contributed by atoms with E-state index in [4.69, 9.17) is 4.74 Å². The molecule has 1 aromatic heterocycles. The van der Waals surface area contributed by atoms with Gasteiger partial charge in [-0.05, 0) is 87.4 Å². The molecule has 2 heterocycles. The van der Waals surface area contributed by atoms with Gasteiger partial charge >= 0.3 is 0 Å². The fourth-order valence-corrected chi connectivity index (χ4v) is 7.30. The molecule has 0 radical (unpaired) electrons. The smallest absolute Gasteiger partial charge is 0.119 e. The Morgan fingerprint density at radius 2 is 2.03 bits per heavy atom. The number of aliphatic hydroxyl groups is 1. The number of thioether (sulfide) groups is 1. The van der Waals surface area contributed by atoms with E-state index in [0.717, 1.165) is 41.3 Å². The second-order valence-electron chi connectivity index (χ2n) is 10.1. The fraction of sp³-hybridized carbons (Fsp3) is 0.679. The lowest BCUT2D eigenvalue weighted by molar-refractivity contribution is 0.0696. The average Bonchev–Trinajstić information content (AvgIpc) is 2.89. The van der Waals surface area contributed by atoms with Crippen molar-refractivity contribution in [3.63, 3.8) is 0 Å². The molecule has 1 aliphatic carbocycles. The molecule has 0 spiro atoms. The van der Waals surface area contributed by atoms with Crippen LogP contribution in [0.3, 0.4) is 0 Å². The number of nitrogens with zero attached hydrogens (tertiary/aromatic N) is 2. The number of piperidine rings is 1. The maximum Gasteiger partial charge on any atom is 0.119 e. The quantitative estimate of drug-likeness (QED) is 0.452. The monoisotopic (exact) mass is 485 g/mol. The number of benzene rings is 1. The molecule has 1 aliphatic heterocycles. The number of ether oxygens (including phenoxy) is 1. The zero-order valence-electron chi connectivity index (χ0n) is 21.0. The molecule has 0 bridgehead atoms. The van der Waals surface area contributed by atoms with Gasteiger partial charge in [0.2, 0.25) is 0 Å². The van der Waals surface area contributed by atoms with Crippen LogP contribution >= 0.6 is 11.8 Å². The van der Waals surface area contributed by atoms with E-state index in [1.807, 2.05) is 25.4 Å². The van der Waals surface area contributed by atoms with E-state index in [1.165, 1.54) is 62.9 Å². The first-order valence-corrected chi connectivity index (χ1v) is 14.3. The highest BCUT2D eigenvalue weighted by Gasteiger charge is 2.29. The van der Waals surface area contributed by atoms with Crippen molar-refractivity contribution >= 4 is 22.7 Å². The van der Waals surface area contributed by atoms with Crippen LogP contribution in [0, 0.1) is 11.8 Å². The van der Waals surface area contributed by atoms with E-state index in [2.05, 4.69) is 39.1 Å². The molecule has 1 aromatic carbocycles. The Morgan fingerprint density at radius 1 is 1.18 bits per heavy atom. The Labute approximate surface area is 210 Å². The first kappa shape index (κ1) is 25.7. The van der Waals surface area contributed by atoms with Crippen molar-refractivity contribution < 1.29 is 9.84 Å². The molecule has 2 aliphatic rings. The molecule has 3 atom stereocenters. The summed E-state index contributed by atoms with van der Waals surface area (Å²) in [6.45, 7) is 3.70. The Kier molecular flexibility index (Phi) is 9.92. The highest BCUT2D eigenvalue weighted by Crippen LogP contribution is 2.34. The minimum Gasteiger partial charge on any atom is -0.497 e. The standard InChI is InChI=1S/C28H43N3O2S/c1-29-27(25-12-14-30-28-11-9-23(33-2)18-26(25)28)10-8-21-13-15-31(19-22(21)20-32)16-17-34-24-6-4-3-5-7-24/h9,11-12,14,18,21-22,24,27,29,32H,3-8,10,13,15-17,19-20H2,1-2H3/t21-,22-,27?/m1/s1. The van der Waals surface area contributed by atoms with Crippen LogP contribution in [0.15, 0.2) is 30.5 Å². The largest absolute Gasteiger partial charge is 0.497 e. The summed E-state index contributed by atoms with van der Waals surface area (Å²) in [6.07, 6.45) is 12.4. The Bertz CT molecular complexity index is 889. The van der Waals surface area contributed by atoms with E-state index in [1.54, 1.807) is 7.11 Å². The van der Waals surface area contributed by atoms with Gasteiger partial charge in [-0.3, -0.25) is 4.98 Å². The molecule has 4 rings (SSSR count). The molecule has 5 nitrogen and oxygen atoms in total. The SMILES string of the molecule is CNC(CC[C@@H]1CCN(CCSC2CCCCC2)C[C@@H]1CO)c1ccnc2ccc(OC)cc12. The molecule has 6 heteroatoms. The number of fused-ring (bicyclic) bond motifs is 1. The lowest BCUT2D eigenvalue weighted by Crippen LogP contribution is -2.43. The lowest BCUT2D eigenvalue weighted by atomic mass is 9.81. The number of hydrogen-bond donors (Lipinski definition) is 2. The zero-order valence-corrected chi connectivity index (χ0v) is 21.9. The minimum atomic E-state index is 0.266. The van der Waals surface area contributed by atoms with Crippen molar-refractivity contribution in [2.45, 2.75) is 62.7 Å². The molecular weight excluding hydrogens is 442 g/mol. The lowest BCUT2D eigenvalue weighted by Gasteiger charge is -2.38. The topological polar surface area (TPSA) is 57.6 Å².